The van der Waals surface area contributed by atoms with Crippen LogP contribution in [0.25, 0.3) is 0 Å². The molecule has 0 bridgehead atoms. The van der Waals surface area contributed by atoms with Gasteiger partial charge in [0.2, 0.25) is 5.91 Å². The van der Waals surface area contributed by atoms with Crippen LogP contribution in [0.5, 0.6) is 0 Å². The van der Waals surface area contributed by atoms with Crippen LogP contribution in [0.2, 0.25) is 5.02 Å². The maximum absolute atomic E-state index is 12.6. The van der Waals surface area contributed by atoms with Crippen LogP contribution in [-0.4, -0.2) is 12.5 Å². The molecule has 156 valence electrons. The molecule has 1 N–H and O–H groups in total. The third-order valence-electron chi connectivity index (χ3n) is 5.57. The van der Waals surface area contributed by atoms with E-state index in [-0.39, 0.29) is 11.3 Å². The minimum Gasteiger partial charge on any atom is -0.367 e. The van der Waals surface area contributed by atoms with Gasteiger partial charge in [-0.2, -0.15) is 0 Å². The summed E-state index contributed by atoms with van der Waals surface area (Å²) in [7, 11) is 0. The zero-order chi connectivity index (χ0) is 21.2. The van der Waals surface area contributed by atoms with Crippen LogP contribution in [0.4, 0.5) is 11.4 Å². The first-order valence-electron chi connectivity index (χ1n) is 10.6. The third kappa shape index (κ3) is 5.54. The highest BCUT2D eigenvalue weighted by atomic mass is 35.5. The van der Waals surface area contributed by atoms with Gasteiger partial charge in [-0.1, -0.05) is 44.5 Å². The molecule has 0 unspecified atom stereocenters. The molecule has 0 fully saturated rings. The first-order valence-corrected chi connectivity index (χ1v) is 10.9. The molecule has 29 heavy (non-hydrogen) atoms. The van der Waals surface area contributed by atoms with Crippen molar-refractivity contribution in [2.75, 3.05) is 16.8 Å². The maximum Gasteiger partial charge on any atom is 0.224 e. The minimum absolute atomic E-state index is 0.0209. The minimum atomic E-state index is -0.0209. The van der Waals surface area contributed by atoms with Gasteiger partial charge in [0, 0.05) is 35.9 Å². The fraction of sp³-hybridized carbons (Fsp3) is 0.480. The average molecular weight is 413 g/mol. The second-order valence-corrected chi connectivity index (χ2v) is 9.92. The number of anilines is 2. The largest absolute Gasteiger partial charge is 0.367 e. The lowest BCUT2D eigenvalue weighted by Crippen LogP contribution is -2.25. The number of nitrogens with one attached hydrogen (secondary N) is 1. The van der Waals surface area contributed by atoms with Crippen molar-refractivity contribution in [2.24, 2.45) is 5.41 Å². The van der Waals surface area contributed by atoms with Crippen LogP contribution >= 0.6 is 11.6 Å². The standard InChI is InChI=1S/C25H33ClN2O/c1-17-14-22-21(18(2)24(17)27-23(29)15-25(3,4)5)8-6-7-13-28(22)16-19-9-11-20(26)12-10-19/h9-12,14H,6-8,13,15-16H2,1-5H3,(H,27,29). The molecule has 2 aromatic carbocycles. The summed E-state index contributed by atoms with van der Waals surface area (Å²) in [6.45, 7) is 12.5. The SMILES string of the molecule is Cc1cc2c(c(C)c1NC(=O)CC(C)(C)C)CCCCN2Cc1ccc(Cl)cc1. The van der Waals surface area contributed by atoms with Gasteiger partial charge in [0.05, 0.1) is 0 Å². The van der Waals surface area contributed by atoms with Crippen molar-refractivity contribution in [2.45, 2.75) is 66.8 Å². The van der Waals surface area contributed by atoms with Crippen LogP contribution in [0.15, 0.2) is 30.3 Å². The van der Waals surface area contributed by atoms with E-state index in [0.29, 0.717) is 6.42 Å². The summed E-state index contributed by atoms with van der Waals surface area (Å²) < 4.78 is 0. The zero-order valence-corrected chi connectivity index (χ0v) is 19.1. The average Bonchev–Trinajstić information content (AvgIpc) is 2.82. The van der Waals surface area contributed by atoms with Gasteiger partial charge >= 0.3 is 0 Å². The number of aryl methyl sites for hydroxylation is 1. The molecule has 2 aromatic rings. The first-order chi connectivity index (χ1) is 13.6. The number of carbonyl (C=O) groups excluding carboxylic acids is 1. The summed E-state index contributed by atoms with van der Waals surface area (Å²) in [6, 6.07) is 10.4. The summed E-state index contributed by atoms with van der Waals surface area (Å²) in [4.78, 5) is 15.0. The Bertz CT molecular complexity index is 881. The van der Waals surface area contributed by atoms with Crippen LogP contribution in [0.1, 0.15) is 62.3 Å². The van der Waals surface area contributed by atoms with Crippen molar-refractivity contribution in [3.05, 3.63) is 57.6 Å². The summed E-state index contributed by atoms with van der Waals surface area (Å²) in [6.07, 6.45) is 3.92. The highest BCUT2D eigenvalue weighted by Crippen LogP contribution is 2.37. The molecule has 0 radical (unpaired) electrons. The molecule has 0 spiro atoms. The molecule has 1 heterocycles. The number of hydrogen-bond acceptors (Lipinski definition) is 2. The fourth-order valence-electron chi connectivity index (χ4n) is 4.16. The molecule has 0 atom stereocenters. The Hall–Kier alpha value is -2.00. The Morgan fingerprint density at radius 2 is 1.83 bits per heavy atom. The van der Waals surface area contributed by atoms with E-state index in [9.17, 15) is 4.79 Å². The fourth-order valence-corrected chi connectivity index (χ4v) is 4.28. The first kappa shape index (κ1) is 21.7. The van der Waals surface area contributed by atoms with Gasteiger partial charge < -0.3 is 10.2 Å². The Labute approximate surface area is 180 Å². The van der Waals surface area contributed by atoms with Crippen LogP contribution in [-0.2, 0) is 17.8 Å². The lowest BCUT2D eigenvalue weighted by molar-refractivity contribution is -0.117. The van der Waals surface area contributed by atoms with Gasteiger partial charge in [-0.15, -0.1) is 0 Å². The second kappa shape index (κ2) is 8.79. The van der Waals surface area contributed by atoms with Crippen LogP contribution < -0.4 is 10.2 Å². The lowest BCUT2D eigenvalue weighted by atomic mass is 9.91. The van der Waals surface area contributed by atoms with E-state index in [0.717, 1.165) is 35.8 Å². The summed E-state index contributed by atoms with van der Waals surface area (Å²) in [5.41, 5.74) is 7.25. The number of nitrogens with zero attached hydrogens (tertiary/aromatic N) is 1. The van der Waals surface area contributed by atoms with Crippen molar-refractivity contribution < 1.29 is 4.79 Å². The summed E-state index contributed by atoms with van der Waals surface area (Å²) in [5.74, 6) is 0.0929. The van der Waals surface area contributed by atoms with E-state index in [1.54, 1.807) is 0 Å². The molecule has 0 aromatic heterocycles. The molecule has 0 saturated heterocycles. The highest BCUT2D eigenvalue weighted by Gasteiger charge is 2.22. The van der Waals surface area contributed by atoms with Gasteiger partial charge in [-0.3, -0.25) is 4.79 Å². The van der Waals surface area contributed by atoms with Gasteiger partial charge in [-0.25, -0.2) is 0 Å². The smallest absolute Gasteiger partial charge is 0.224 e. The molecule has 0 aliphatic carbocycles. The number of benzene rings is 2. The molecule has 4 heteroatoms. The maximum atomic E-state index is 12.6. The van der Waals surface area contributed by atoms with Crippen molar-refractivity contribution in [3.63, 3.8) is 0 Å². The predicted molar refractivity (Wildman–Crippen MR) is 124 cm³/mol. The highest BCUT2D eigenvalue weighted by molar-refractivity contribution is 6.30. The van der Waals surface area contributed by atoms with Gasteiger partial charge in [0.15, 0.2) is 0 Å². The van der Waals surface area contributed by atoms with E-state index in [1.165, 1.54) is 35.2 Å². The summed E-state index contributed by atoms with van der Waals surface area (Å²) in [5, 5.41) is 3.97. The van der Waals surface area contributed by atoms with E-state index in [1.807, 2.05) is 12.1 Å². The van der Waals surface area contributed by atoms with Crippen molar-refractivity contribution >= 4 is 28.9 Å². The molecular weight excluding hydrogens is 380 g/mol. The van der Waals surface area contributed by atoms with E-state index < -0.39 is 0 Å². The van der Waals surface area contributed by atoms with Gasteiger partial charge in [-0.05, 0) is 79.0 Å². The van der Waals surface area contributed by atoms with Crippen molar-refractivity contribution in [1.82, 2.24) is 0 Å². The van der Waals surface area contributed by atoms with Gasteiger partial charge in [0.1, 0.15) is 0 Å². The number of hydrogen-bond donors (Lipinski definition) is 1. The number of rotatable bonds is 4. The molecule has 1 aliphatic heterocycles. The number of halogens is 1. The molecule has 1 aliphatic rings. The monoisotopic (exact) mass is 412 g/mol. The predicted octanol–water partition coefficient (Wildman–Crippen LogP) is 6.67. The van der Waals surface area contributed by atoms with E-state index >= 15 is 0 Å². The quantitative estimate of drug-likeness (QED) is 0.607. The molecule has 0 saturated carbocycles. The summed E-state index contributed by atoms with van der Waals surface area (Å²) >= 11 is 6.05. The van der Waals surface area contributed by atoms with Crippen LogP contribution in [0, 0.1) is 19.3 Å². The zero-order valence-electron chi connectivity index (χ0n) is 18.4. The van der Waals surface area contributed by atoms with Crippen LogP contribution in [0.3, 0.4) is 0 Å². The Balaban J connectivity index is 1.91. The lowest BCUT2D eigenvalue weighted by Gasteiger charge is -2.28. The van der Waals surface area contributed by atoms with E-state index in [2.05, 4.69) is 63.0 Å². The molecule has 1 amide bonds. The number of fused-ring (bicyclic) bond motifs is 1. The Morgan fingerprint density at radius 3 is 2.48 bits per heavy atom. The van der Waals surface area contributed by atoms with Crippen molar-refractivity contribution in [1.29, 1.82) is 0 Å². The topological polar surface area (TPSA) is 32.3 Å². The number of amides is 1. The van der Waals surface area contributed by atoms with Crippen molar-refractivity contribution in [3.8, 4) is 0 Å². The van der Waals surface area contributed by atoms with E-state index in [4.69, 9.17) is 11.6 Å². The number of carbonyl (C=O) groups is 1. The second-order valence-electron chi connectivity index (χ2n) is 9.48. The van der Waals surface area contributed by atoms with Gasteiger partial charge in [0.25, 0.3) is 0 Å². The molecule has 3 nitrogen and oxygen atoms in total. The normalized spacial score (nSPS) is 14.3. The third-order valence-corrected chi connectivity index (χ3v) is 5.82. The molecular formula is C25H33ClN2O. The molecule has 3 rings (SSSR count). The Kier molecular flexibility index (Phi) is 6.58. The Morgan fingerprint density at radius 1 is 1.14 bits per heavy atom.